The number of phenols is 1. The Balaban J connectivity index is 2.26. The molecule has 0 bridgehead atoms. The molecule has 1 heterocycles. The first-order valence-electron chi connectivity index (χ1n) is 7.20. The van der Waals surface area contributed by atoms with Gasteiger partial charge in [-0.1, -0.05) is 12.1 Å². The molecule has 0 atom stereocenters. The molecule has 6 heteroatoms. The van der Waals surface area contributed by atoms with E-state index in [-0.39, 0.29) is 33.5 Å². The molecule has 0 aliphatic rings. The Labute approximate surface area is 137 Å². The van der Waals surface area contributed by atoms with Crippen LogP contribution in [0, 0.1) is 0 Å². The van der Waals surface area contributed by atoms with Crippen molar-refractivity contribution in [2.75, 3.05) is 14.2 Å². The van der Waals surface area contributed by atoms with E-state index in [0.29, 0.717) is 16.9 Å². The molecule has 0 spiro atoms. The molecule has 2 N–H and O–H groups in total. The van der Waals surface area contributed by atoms with E-state index in [9.17, 15) is 15.0 Å². The van der Waals surface area contributed by atoms with Crippen molar-refractivity contribution in [2.45, 2.75) is 6.61 Å². The van der Waals surface area contributed by atoms with Crippen molar-refractivity contribution in [3.05, 3.63) is 52.4 Å². The van der Waals surface area contributed by atoms with Crippen LogP contribution in [-0.2, 0) is 6.61 Å². The number of aromatic hydroxyl groups is 1. The number of fused-ring (bicyclic) bond motifs is 1. The van der Waals surface area contributed by atoms with Crippen molar-refractivity contribution in [2.24, 2.45) is 0 Å². The summed E-state index contributed by atoms with van der Waals surface area (Å²) in [7, 11) is 2.93. The van der Waals surface area contributed by atoms with Gasteiger partial charge in [0.25, 0.3) is 0 Å². The maximum absolute atomic E-state index is 12.8. The van der Waals surface area contributed by atoms with Gasteiger partial charge < -0.3 is 24.1 Å². The van der Waals surface area contributed by atoms with Crippen LogP contribution in [0.2, 0.25) is 0 Å². The third kappa shape index (κ3) is 2.47. The van der Waals surface area contributed by atoms with Gasteiger partial charge in [0, 0.05) is 0 Å². The molecule has 124 valence electrons. The predicted octanol–water partition coefficient (Wildman–Crippen LogP) is 2.68. The number of ether oxygens (including phenoxy) is 2. The quantitative estimate of drug-likeness (QED) is 0.765. The van der Waals surface area contributed by atoms with Gasteiger partial charge in [-0.3, -0.25) is 4.79 Å². The molecule has 0 unspecified atom stereocenters. The van der Waals surface area contributed by atoms with Gasteiger partial charge in [0.2, 0.25) is 5.43 Å². The average molecular weight is 328 g/mol. The lowest BCUT2D eigenvalue weighted by atomic mass is 10.0. The number of hydrogen-bond acceptors (Lipinski definition) is 6. The van der Waals surface area contributed by atoms with Crippen molar-refractivity contribution >= 4 is 11.0 Å². The maximum atomic E-state index is 12.8. The van der Waals surface area contributed by atoms with Gasteiger partial charge in [-0.2, -0.15) is 0 Å². The Hall–Kier alpha value is -2.99. The summed E-state index contributed by atoms with van der Waals surface area (Å²) in [5, 5.41) is 19.8. The standard InChI is InChI=1S/C18H16O6/c1-22-11-5-3-10(4-6-11)14-9-24-17-12(16(14)21)7-15(20)18(23-2)13(17)8-19/h3-7,9,19-20H,8H2,1-2H3. The highest BCUT2D eigenvalue weighted by atomic mass is 16.5. The van der Waals surface area contributed by atoms with E-state index in [2.05, 4.69) is 0 Å². The molecule has 24 heavy (non-hydrogen) atoms. The zero-order chi connectivity index (χ0) is 17.3. The van der Waals surface area contributed by atoms with E-state index in [0.717, 1.165) is 0 Å². The van der Waals surface area contributed by atoms with Crippen molar-refractivity contribution in [1.82, 2.24) is 0 Å². The number of hydrogen-bond donors (Lipinski definition) is 2. The molecule has 0 aliphatic carbocycles. The molecule has 3 aromatic rings. The number of benzene rings is 2. The van der Waals surface area contributed by atoms with Crippen LogP contribution >= 0.6 is 0 Å². The Morgan fingerprint density at radius 3 is 2.42 bits per heavy atom. The van der Waals surface area contributed by atoms with Crippen molar-refractivity contribution < 1.29 is 24.1 Å². The molecule has 6 nitrogen and oxygen atoms in total. The highest BCUT2D eigenvalue weighted by molar-refractivity contribution is 5.87. The summed E-state index contributed by atoms with van der Waals surface area (Å²) in [5.41, 5.74) is 1.11. The number of aliphatic hydroxyl groups excluding tert-OH is 1. The summed E-state index contributed by atoms with van der Waals surface area (Å²) in [5.74, 6) is 0.535. The fourth-order valence-corrected chi connectivity index (χ4v) is 2.65. The number of methoxy groups -OCH3 is 2. The van der Waals surface area contributed by atoms with Crippen LogP contribution in [0.3, 0.4) is 0 Å². The van der Waals surface area contributed by atoms with E-state index in [4.69, 9.17) is 13.9 Å². The first-order valence-corrected chi connectivity index (χ1v) is 7.20. The molecule has 0 aliphatic heterocycles. The Morgan fingerprint density at radius 2 is 1.83 bits per heavy atom. The average Bonchev–Trinajstić information content (AvgIpc) is 2.61. The van der Waals surface area contributed by atoms with Gasteiger partial charge in [0.15, 0.2) is 11.5 Å². The SMILES string of the molecule is COc1ccc(-c2coc3c(CO)c(OC)c(O)cc3c2=O)cc1. The van der Waals surface area contributed by atoms with Gasteiger partial charge in [-0.05, 0) is 23.8 Å². The summed E-state index contributed by atoms with van der Waals surface area (Å²) in [4.78, 5) is 12.8. The van der Waals surface area contributed by atoms with Gasteiger partial charge in [0.1, 0.15) is 17.6 Å². The first kappa shape index (κ1) is 15.9. The summed E-state index contributed by atoms with van der Waals surface area (Å²) < 4.78 is 15.7. The second kappa shape index (κ2) is 6.25. The minimum atomic E-state index is -0.432. The van der Waals surface area contributed by atoms with E-state index in [1.165, 1.54) is 19.4 Å². The second-order valence-corrected chi connectivity index (χ2v) is 5.15. The Kier molecular flexibility index (Phi) is 4.14. The highest BCUT2D eigenvalue weighted by Gasteiger charge is 2.19. The number of aliphatic hydroxyl groups is 1. The van der Waals surface area contributed by atoms with Gasteiger partial charge in [0.05, 0.1) is 37.3 Å². The third-order valence-corrected chi connectivity index (χ3v) is 3.85. The van der Waals surface area contributed by atoms with Crippen molar-refractivity contribution in [3.8, 4) is 28.4 Å². The zero-order valence-corrected chi connectivity index (χ0v) is 13.2. The van der Waals surface area contributed by atoms with E-state index >= 15 is 0 Å². The molecule has 0 saturated carbocycles. The van der Waals surface area contributed by atoms with Crippen LogP contribution in [0.1, 0.15) is 5.56 Å². The molecule has 3 rings (SSSR count). The van der Waals surface area contributed by atoms with E-state index in [1.54, 1.807) is 31.4 Å². The van der Waals surface area contributed by atoms with Crippen molar-refractivity contribution in [3.63, 3.8) is 0 Å². The largest absolute Gasteiger partial charge is 0.504 e. The Morgan fingerprint density at radius 1 is 1.12 bits per heavy atom. The van der Waals surface area contributed by atoms with Crippen LogP contribution in [0.25, 0.3) is 22.1 Å². The second-order valence-electron chi connectivity index (χ2n) is 5.15. The lowest BCUT2D eigenvalue weighted by Gasteiger charge is -2.11. The van der Waals surface area contributed by atoms with Crippen molar-refractivity contribution in [1.29, 1.82) is 0 Å². The molecule has 0 amide bonds. The summed E-state index contributed by atoms with van der Waals surface area (Å²) >= 11 is 0. The van der Waals surface area contributed by atoms with E-state index < -0.39 is 6.61 Å². The zero-order valence-electron chi connectivity index (χ0n) is 13.2. The fraction of sp³-hybridized carbons (Fsp3) is 0.167. The summed E-state index contributed by atoms with van der Waals surface area (Å²) in [6.07, 6.45) is 1.34. The molecular formula is C18H16O6. The highest BCUT2D eigenvalue weighted by Crippen LogP contribution is 2.36. The smallest absolute Gasteiger partial charge is 0.200 e. The number of phenolic OH excluding ortho intramolecular Hbond substituents is 1. The van der Waals surface area contributed by atoms with Crippen LogP contribution in [0.15, 0.2) is 45.8 Å². The van der Waals surface area contributed by atoms with Gasteiger partial charge >= 0.3 is 0 Å². The number of rotatable bonds is 4. The normalized spacial score (nSPS) is 10.8. The topological polar surface area (TPSA) is 89.1 Å². The maximum Gasteiger partial charge on any atom is 0.200 e. The first-order chi connectivity index (χ1) is 11.6. The molecule has 0 radical (unpaired) electrons. The molecular weight excluding hydrogens is 312 g/mol. The Bertz CT molecular complexity index is 940. The van der Waals surface area contributed by atoms with Crippen LogP contribution in [0.5, 0.6) is 17.2 Å². The van der Waals surface area contributed by atoms with Crippen LogP contribution < -0.4 is 14.9 Å². The summed E-state index contributed by atoms with van der Waals surface area (Å²) in [6, 6.07) is 8.25. The lowest BCUT2D eigenvalue weighted by molar-refractivity contribution is 0.270. The minimum Gasteiger partial charge on any atom is -0.504 e. The minimum absolute atomic E-state index is 0.0883. The van der Waals surface area contributed by atoms with Crippen LogP contribution in [0.4, 0.5) is 0 Å². The lowest BCUT2D eigenvalue weighted by Crippen LogP contribution is -2.07. The third-order valence-electron chi connectivity index (χ3n) is 3.85. The van der Waals surface area contributed by atoms with Gasteiger partial charge in [-0.15, -0.1) is 0 Å². The molecule has 0 saturated heterocycles. The molecule has 1 aromatic heterocycles. The molecule has 0 fully saturated rings. The predicted molar refractivity (Wildman–Crippen MR) is 88.6 cm³/mol. The van der Waals surface area contributed by atoms with Gasteiger partial charge in [-0.25, -0.2) is 0 Å². The van der Waals surface area contributed by atoms with E-state index in [1.807, 2.05) is 0 Å². The van der Waals surface area contributed by atoms with Crippen LogP contribution in [-0.4, -0.2) is 24.4 Å². The monoisotopic (exact) mass is 328 g/mol. The summed E-state index contributed by atoms with van der Waals surface area (Å²) in [6.45, 7) is -0.432. The molecule has 2 aromatic carbocycles. The fourth-order valence-electron chi connectivity index (χ4n) is 2.65.